The highest BCUT2D eigenvalue weighted by Gasteiger charge is 2.27. The molecule has 1 unspecified atom stereocenters. The van der Waals surface area contributed by atoms with Crippen LogP contribution < -0.4 is 10.1 Å². The van der Waals surface area contributed by atoms with Gasteiger partial charge in [0.1, 0.15) is 5.75 Å². The zero-order valence-corrected chi connectivity index (χ0v) is 12.8. The van der Waals surface area contributed by atoms with Gasteiger partial charge in [-0.3, -0.25) is 0 Å². The predicted octanol–water partition coefficient (Wildman–Crippen LogP) is 2.06. The summed E-state index contributed by atoms with van der Waals surface area (Å²) < 4.78 is 5.50. The Morgan fingerprint density at radius 1 is 1.52 bits per heavy atom. The number of nitrogens with one attached hydrogen (secondary N) is 1. The first-order valence-corrected chi connectivity index (χ1v) is 7.53. The van der Waals surface area contributed by atoms with Crippen LogP contribution in [0.15, 0.2) is 18.2 Å². The van der Waals surface area contributed by atoms with Crippen molar-refractivity contribution in [2.45, 2.75) is 39.3 Å². The summed E-state index contributed by atoms with van der Waals surface area (Å²) in [5, 5.41) is 12.2. The molecule has 1 atom stereocenters. The highest BCUT2D eigenvalue weighted by molar-refractivity contribution is 5.74. The Hall–Kier alpha value is -1.75. The molecule has 0 aromatic heterocycles. The summed E-state index contributed by atoms with van der Waals surface area (Å²) in [7, 11) is 0. The molecule has 1 heterocycles. The number of ether oxygens (including phenoxy) is 1. The van der Waals surface area contributed by atoms with Gasteiger partial charge in [0.05, 0.1) is 19.3 Å². The zero-order valence-electron chi connectivity index (χ0n) is 12.8. The Bertz CT molecular complexity index is 490. The third-order valence-electron chi connectivity index (χ3n) is 3.83. The number of likely N-dealkylation sites (tertiary alicyclic amines) is 1. The third kappa shape index (κ3) is 3.88. The number of carbonyl (C=O) groups excluding carboxylic acids is 1. The van der Waals surface area contributed by atoms with Gasteiger partial charge >= 0.3 is 6.03 Å². The molecule has 0 saturated carbocycles. The molecule has 2 N–H and O–H groups in total. The van der Waals surface area contributed by atoms with E-state index in [2.05, 4.69) is 5.32 Å². The van der Waals surface area contributed by atoms with E-state index in [-0.39, 0.29) is 18.7 Å². The number of aliphatic hydroxyl groups excluding tert-OH is 1. The number of aryl methyl sites for hydroxylation is 1. The SMILES string of the molecule is CCOc1ccc(CNC(=O)N2CCCC2CO)cc1C. The first-order valence-electron chi connectivity index (χ1n) is 7.53. The molecule has 1 fully saturated rings. The van der Waals surface area contributed by atoms with Gasteiger partial charge in [-0.15, -0.1) is 0 Å². The van der Waals surface area contributed by atoms with E-state index in [1.807, 2.05) is 32.0 Å². The maximum absolute atomic E-state index is 12.1. The second-order valence-electron chi connectivity index (χ2n) is 5.36. The number of hydrogen-bond acceptors (Lipinski definition) is 3. The van der Waals surface area contributed by atoms with Gasteiger partial charge in [-0.2, -0.15) is 0 Å². The van der Waals surface area contributed by atoms with Gasteiger partial charge in [0.25, 0.3) is 0 Å². The molecule has 0 bridgehead atoms. The number of carbonyl (C=O) groups is 1. The minimum absolute atomic E-state index is 0.0351. The van der Waals surface area contributed by atoms with Crippen molar-refractivity contribution in [3.63, 3.8) is 0 Å². The van der Waals surface area contributed by atoms with Crippen LogP contribution in [0.4, 0.5) is 4.79 Å². The molecule has 0 aliphatic carbocycles. The van der Waals surface area contributed by atoms with Crippen LogP contribution in [-0.4, -0.2) is 41.8 Å². The lowest BCUT2D eigenvalue weighted by molar-refractivity contribution is 0.157. The van der Waals surface area contributed by atoms with Crippen molar-refractivity contribution >= 4 is 6.03 Å². The van der Waals surface area contributed by atoms with Gasteiger partial charge in [0, 0.05) is 13.1 Å². The number of amides is 2. The maximum atomic E-state index is 12.1. The molecule has 0 radical (unpaired) electrons. The van der Waals surface area contributed by atoms with E-state index in [1.165, 1.54) is 0 Å². The molecule has 2 amide bonds. The molecule has 1 aliphatic rings. The average Bonchev–Trinajstić information content (AvgIpc) is 2.96. The average molecular weight is 292 g/mol. The van der Waals surface area contributed by atoms with E-state index in [0.29, 0.717) is 13.2 Å². The van der Waals surface area contributed by atoms with E-state index < -0.39 is 0 Å². The molecule has 5 nitrogen and oxygen atoms in total. The maximum Gasteiger partial charge on any atom is 0.317 e. The first kappa shape index (κ1) is 15.6. The topological polar surface area (TPSA) is 61.8 Å². The summed E-state index contributed by atoms with van der Waals surface area (Å²) in [4.78, 5) is 13.8. The second-order valence-corrected chi connectivity index (χ2v) is 5.36. The summed E-state index contributed by atoms with van der Waals surface area (Å²) >= 11 is 0. The van der Waals surface area contributed by atoms with E-state index in [4.69, 9.17) is 4.74 Å². The van der Waals surface area contributed by atoms with Crippen LogP contribution in [0.1, 0.15) is 30.9 Å². The van der Waals surface area contributed by atoms with Gasteiger partial charge in [0.15, 0.2) is 0 Å². The lowest BCUT2D eigenvalue weighted by atomic mass is 10.1. The first-order chi connectivity index (χ1) is 10.2. The Kier molecular flexibility index (Phi) is 5.44. The fraction of sp³-hybridized carbons (Fsp3) is 0.562. The number of aliphatic hydroxyl groups is 1. The molecule has 1 aromatic rings. The van der Waals surface area contributed by atoms with Crippen LogP contribution in [0.25, 0.3) is 0 Å². The van der Waals surface area contributed by atoms with Crippen molar-refractivity contribution in [1.29, 1.82) is 0 Å². The molecular weight excluding hydrogens is 268 g/mol. The lowest BCUT2D eigenvalue weighted by Crippen LogP contribution is -2.43. The molecule has 21 heavy (non-hydrogen) atoms. The van der Waals surface area contributed by atoms with Crippen LogP contribution in [0.3, 0.4) is 0 Å². The van der Waals surface area contributed by atoms with Crippen molar-refractivity contribution < 1.29 is 14.6 Å². The summed E-state index contributed by atoms with van der Waals surface area (Å²) in [6, 6.07) is 5.79. The van der Waals surface area contributed by atoms with Gasteiger partial charge in [-0.25, -0.2) is 4.79 Å². The highest BCUT2D eigenvalue weighted by atomic mass is 16.5. The van der Waals surface area contributed by atoms with Crippen LogP contribution in [-0.2, 0) is 6.54 Å². The Morgan fingerprint density at radius 3 is 3.00 bits per heavy atom. The number of nitrogens with zero attached hydrogens (tertiary/aromatic N) is 1. The van der Waals surface area contributed by atoms with Crippen LogP contribution in [0.2, 0.25) is 0 Å². The van der Waals surface area contributed by atoms with Gasteiger partial charge in [0.2, 0.25) is 0 Å². The van der Waals surface area contributed by atoms with Crippen molar-refractivity contribution in [2.24, 2.45) is 0 Å². The molecule has 1 aromatic carbocycles. The van der Waals surface area contributed by atoms with Crippen molar-refractivity contribution in [2.75, 3.05) is 19.8 Å². The minimum atomic E-state index is -0.0990. The van der Waals surface area contributed by atoms with Gasteiger partial charge < -0.3 is 20.1 Å². The zero-order chi connectivity index (χ0) is 15.2. The number of rotatable bonds is 5. The third-order valence-corrected chi connectivity index (χ3v) is 3.83. The normalized spacial score (nSPS) is 17.9. The van der Waals surface area contributed by atoms with Gasteiger partial charge in [-0.1, -0.05) is 12.1 Å². The standard InChI is InChI=1S/C16H24N2O3/c1-3-21-15-7-6-13(9-12(15)2)10-17-16(20)18-8-4-5-14(18)11-19/h6-7,9,14,19H,3-5,8,10-11H2,1-2H3,(H,17,20). The summed E-state index contributed by atoms with van der Waals surface area (Å²) in [6.07, 6.45) is 1.84. The Balaban J connectivity index is 1.90. The molecule has 5 heteroatoms. The van der Waals surface area contributed by atoms with Crippen LogP contribution in [0, 0.1) is 6.92 Å². The lowest BCUT2D eigenvalue weighted by Gasteiger charge is -2.23. The smallest absolute Gasteiger partial charge is 0.317 e. The van der Waals surface area contributed by atoms with Crippen molar-refractivity contribution in [3.8, 4) is 5.75 Å². The van der Waals surface area contributed by atoms with Crippen molar-refractivity contribution in [3.05, 3.63) is 29.3 Å². The summed E-state index contributed by atoms with van der Waals surface area (Å²) in [5.74, 6) is 0.882. The Labute approximate surface area is 125 Å². The van der Waals surface area contributed by atoms with E-state index in [9.17, 15) is 9.90 Å². The molecular formula is C16H24N2O3. The molecule has 2 rings (SSSR count). The van der Waals surface area contributed by atoms with E-state index in [0.717, 1.165) is 36.3 Å². The largest absolute Gasteiger partial charge is 0.494 e. The van der Waals surface area contributed by atoms with Crippen LogP contribution in [0.5, 0.6) is 5.75 Å². The Morgan fingerprint density at radius 2 is 2.33 bits per heavy atom. The van der Waals surface area contributed by atoms with Crippen LogP contribution >= 0.6 is 0 Å². The molecule has 1 saturated heterocycles. The molecule has 116 valence electrons. The quantitative estimate of drug-likeness (QED) is 0.873. The van der Waals surface area contributed by atoms with Crippen molar-refractivity contribution in [1.82, 2.24) is 10.2 Å². The fourth-order valence-electron chi connectivity index (χ4n) is 2.71. The number of hydrogen-bond donors (Lipinski definition) is 2. The fourth-order valence-corrected chi connectivity index (χ4v) is 2.71. The number of urea groups is 1. The molecule has 1 aliphatic heterocycles. The highest BCUT2D eigenvalue weighted by Crippen LogP contribution is 2.20. The van der Waals surface area contributed by atoms with E-state index >= 15 is 0 Å². The summed E-state index contributed by atoms with van der Waals surface area (Å²) in [5.41, 5.74) is 2.11. The van der Waals surface area contributed by atoms with Gasteiger partial charge in [-0.05, 0) is 43.9 Å². The summed E-state index contributed by atoms with van der Waals surface area (Å²) in [6.45, 7) is 5.85. The van der Waals surface area contributed by atoms with E-state index in [1.54, 1.807) is 4.90 Å². The number of benzene rings is 1. The second kappa shape index (κ2) is 7.31. The predicted molar refractivity (Wildman–Crippen MR) is 81.4 cm³/mol. The molecule has 0 spiro atoms. The minimum Gasteiger partial charge on any atom is -0.494 e. The monoisotopic (exact) mass is 292 g/mol.